The molecule has 0 saturated carbocycles. The van der Waals surface area contributed by atoms with Crippen LogP contribution in [0.5, 0.6) is 17.4 Å². The third-order valence-corrected chi connectivity index (χ3v) is 7.24. The van der Waals surface area contributed by atoms with Crippen LogP contribution in [0, 0.1) is 13.8 Å². The lowest BCUT2D eigenvalue weighted by Gasteiger charge is -2.13. The number of nitrogens with zero attached hydrogens (tertiary/aromatic N) is 2. The van der Waals surface area contributed by atoms with E-state index in [-0.39, 0.29) is 0 Å². The maximum atomic E-state index is 6.18. The van der Waals surface area contributed by atoms with Gasteiger partial charge in [0.05, 0.1) is 24.7 Å². The van der Waals surface area contributed by atoms with Gasteiger partial charge in [-0.25, -0.2) is 4.98 Å². The molecule has 0 aliphatic rings. The van der Waals surface area contributed by atoms with E-state index >= 15 is 0 Å². The molecule has 0 spiro atoms. The molecule has 0 bridgehead atoms. The molecule has 36 heavy (non-hydrogen) atoms. The molecule has 0 radical (unpaired) electrons. The van der Waals surface area contributed by atoms with Crippen LogP contribution in [0.1, 0.15) is 62.6 Å². The molecule has 0 saturated heterocycles. The molecule has 2 heterocycles. The first-order valence-electron chi connectivity index (χ1n) is 13.0. The second kappa shape index (κ2) is 11.8. The van der Waals surface area contributed by atoms with Crippen LogP contribution in [-0.4, -0.2) is 29.4 Å². The van der Waals surface area contributed by atoms with Crippen molar-refractivity contribution in [2.24, 2.45) is 0 Å². The van der Waals surface area contributed by atoms with Crippen LogP contribution in [0.15, 0.2) is 42.6 Å². The van der Waals surface area contributed by atoms with Crippen molar-refractivity contribution in [2.45, 2.75) is 66.8 Å². The minimum absolute atomic E-state index is 0.440. The van der Waals surface area contributed by atoms with Gasteiger partial charge in [-0.1, -0.05) is 13.3 Å². The Balaban J connectivity index is 1.35. The lowest BCUT2D eigenvalue weighted by atomic mass is 10.1. The van der Waals surface area contributed by atoms with Gasteiger partial charge in [-0.05, 0) is 88.6 Å². The highest BCUT2D eigenvalue weighted by molar-refractivity contribution is 7.15. The van der Waals surface area contributed by atoms with E-state index in [0.717, 1.165) is 52.1 Å². The van der Waals surface area contributed by atoms with Crippen molar-refractivity contribution in [3.63, 3.8) is 0 Å². The predicted octanol–water partition coefficient (Wildman–Crippen LogP) is 8.16. The first kappa shape index (κ1) is 26.1. The van der Waals surface area contributed by atoms with Crippen molar-refractivity contribution in [1.82, 2.24) is 9.55 Å². The van der Waals surface area contributed by atoms with Crippen molar-refractivity contribution >= 4 is 22.2 Å². The molecule has 4 rings (SSSR count). The Labute approximate surface area is 219 Å². The van der Waals surface area contributed by atoms with E-state index in [4.69, 9.17) is 14.2 Å². The second-order valence-corrected chi connectivity index (χ2v) is 10.6. The van der Waals surface area contributed by atoms with E-state index in [0.29, 0.717) is 25.9 Å². The quantitative estimate of drug-likeness (QED) is 0.182. The van der Waals surface area contributed by atoms with Gasteiger partial charge in [-0.15, -0.1) is 11.3 Å². The van der Waals surface area contributed by atoms with Crippen molar-refractivity contribution in [1.29, 1.82) is 0 Å². The van der Waals surface area contributed by atoms with Gasteiger partial charge in [0.25, 0.3) is 0 Å². The monoisotopic (exact) mass is 506 g/mol. The molecule has 0 aliphatic heterocycles. The lowest BCUT2D eigenvalue weighted by Crippen LogP contribution is -2.06. The molecular weight excluding hydrogens is 468 g/mol. The molecule has 0 aliphatic carbocycles. The normalized spacial score (nSPS) is 11.4. The summed E-state index contributed by atoms with van der Waals surface area (Å²) in [6.45, 7) is 14.7. The minimum Gasteiger partial charge on any atom is -0.493 e. The number of aromatic nitrogens is 2. The summed E-state index contributed by atoms with van der Waals surface area (Å²) in [5.41, 5.74) is 4.87. The summed E-state index contributed by atoms with van der Waals surface area (Å²) in [6, 6.07) is 13.2. The summed E-state index contributed by atoms with van der Waals surface area (Å²) in [4.78, 5) is 5.80. The van der Waals surface area contributed by atoms with Gasteiger partial charge in [0, 0.05) is 35.1 Å². The Morgan fingerprint density at radius 1 is 0.972 bits per heavy atom. The molecule has 0 amide bonds. The summed E-state index contributed by atoms with van der Waals surface area (Å²) in [5.74, 6) is 2.60. The van der Waals surface area contributed by atoms with Crippen LogP contribution in [0.2, 0.25) is 0 Å². The summed E-state index contributed by atoms with van der Waals surface area (Å²) in [5, 5.41) is 2.25. The Morgan fingerprint density at radius 3 is 2.53 bits per heavy atom. The fourth-order valence-corrected chi connectivity index (χ4v) is 5.30. The maximum absolute atomic E-state index is 6.18. The Kier molecular flexibility index (Phi) is 8.57. The van der Waals surface area contributed by atoms with Gasteiger partial charge in [-0.2, -0.15) is 0 Å². The van der Waals surface area contributed by atoms with Crippen LogP contribution >= 0.6 is 11.3 Å². The highest BCUT2D eigenvalue weighted by Gasteiger charge is 2.13. The highest BCUT2D eigenvalue weighted by Crippen LogP contribution is 2.34. The third kappa shape index (κ3) is 5.86. The topological polar surface area (TPSA) is 45.5 Å². The molecule has 2 aromatic carbocycles. The summed E-state index contributed by atoms with van der Waals surface area (Å²) in [7, 11) is 0. The second-order valence-electron chi connectivity index (χ2n) is 9.43. The fraction of sp³-hybridized carbons (Fsp3) is 0.433. The number of fused-ring (bicyclic) bond motifs is 1. The Bertz CT molecular complexity index is 1310. The van der Waals surface area contributed by atoms with E-state index in [9.17, 15) is 0 Å². The number of hydrogen-bond acceptors (Lipinski definition) is 5. The number of benzene rings is 2. The van der Waals surface area contributed by atoms with Crippen molar-refractivity contribution in [2.75, 3.05) is 19.8 Å². The zero-order valence-corrected chi connectivity index (χ0v) is 23.2. The minimum atomic E-state index is 0.440. The van der Waals surface area contributed by atoms with Crippen LogP contribution in [0.4, 0.5) is 0 Å². The average molecular weight is 507 g/mol. The Morgan fingerprint density at radius 2 is 1.78 bits per heavy atom. The predicted molar refractivity (Wildman–Crippen MR) is 150 cm³/mol. The number of ether oxygens (including phenoxy) is 3. The first-order valence-corrected chi connectivity index (χ1v) is 13.8. The van der Waals surface area contributed by atoms with Gasteiger partial charge in [0.1, 0.15) is 16.5 Å². The van der Waals surface area contributed by atoms with Crippen molar-refractivity contribution in [3.8, 4) is 28.0 Å². The molecule has 5 nitrogen and oxygen atoms in total. The summed E-state index contributed by atoms with van der Waals surface area (Å²) in [6.07, 6.45) is 5.07. The molecule has 0 fully saturated rings. The summed E-state index contributed by atoms with van der Waals surface area (Å²) >= 11 is 1.67. The van der Waals surface area contributed by atoms with Crippen LogP contribution in [0.3, 0.4) is 0 Å². The van der Waals surface area contributed by atoms with Crippen LogP contribution in [0.25, 0.3) is 21.5 Å². The lowest BCUT2D eigenvalue weighted by molar-refractivity contribution is 0.246. The molecule has 192 valence electrons. The Hall–Kier alpha value is -2.99. The van der Waals surface area contributed by atoms with Crippen molar-refractivity contribution < 1.29 is 14.2 Å². The van der Waals surface area contributed by atoms with Gasteiger partial charge in [-0.3, -0.25) is 0 Å². The third-order valence-electron chi connectivity index (χ3n) is 6.24. The number of hydrogen-bond donors (Lipinski definition) is 0. The molecule has 6 heteroatoms. The fourth-order valence-electron chi connectivity index (χ4n) is 4.45. The highest BCUT2D eigenvalue weighted by atomic mass is 32.1. The first-order chi connectivity index (χ1) is 17.4. The molecular formula is C30H38N2O3S. The van der Waals surface area contributed by atoms with Gasteiger partial charge in [0.2, 0.25) is 5.88 Å². The standard InChI is InChI=1S/C30H38N2O3S/c1-7-10-23-17-24(30-31-29(33-8-2)22(6)36-30)11-14-28(23)35-16-9-15-34-25-12-13-27-26(18-25)21(5)19-32(27)20(3)4/h11-14,17-20H,7-10,15-16H2,1-6H3. The van der Waals surface area contributed by atoms with E-state index in [1.807, 2.05) is 6.92 Å². The largest absolute Gasteiger partial charge is 0.493 e. The van der Waals surface area contributed by atoms with E-state index in [1.54, 1.807) is 11.3 Å². The SMILES string of the molecule is CCCc1cc(-c2nc(OCC)c(C)s2)ccc1OCCCOc1ccc2c(c1)c(C)cn2C(C)C. The average Bonchev–Trinajstić information content (AvgIpc) is 3.39. The summed E-state index contributed by atoms with van der Waals surface area (Å²) < 4.78 is 20.2. The van der Waals surface area contributed by atoms with Gasteiger partial charge in [0.15, 0.2) is 0 Å². The van der Waals surface area contributed by atoms with Crippen LogP contribution < -0.4 is 14.2 Å². The van der Waals surface area contributed by atoms with Gasteiger partial charge < -0.3 is 18.8 Å². The van der Waals surface area contributed by atoms with E-state index in [2.05, 4.69) is 86.8 Å². The van der Waals surface area contributed by atoms with Gasteiger partial charge >= 0.3 is 0 Å². The zero-order valence-electron chi connectivity index (χ0n) is 22.4. The van der Waals surface area contributed by atoms with E-state index in [1.165, 1.54) is 22.0 Å². The van der Waals surface area contributed by atoms with Crippen LogP contribution in [-0.2, 0) is 6.42 Å². The molecule has 0 atom stereocenters. The maximum Gasteiger partial charge on any atom is 0.227 e. The smallest absolute Gasteiger partial charge is 0.227 e. The zero-order chi connectivity index (χ0) is 25.7. The molecule has 0 N–H and O–H groups in total. The molecule has 4 aromatic rings. The van der Waals surface area contributed by atoms with Crippen molar-refractivity contribution in [3.05, 3.63) is 58.6 Å². The number of rotatable bonds is 12. The number of aryl methyl sites for hydroxylation is 3. The number of thiazole rings is 1. The molecule has 2 aromatic heterocycles. The van der Waals surface area contributed by atoms with E-state index < -0.39 is 0 Å². The molecule has 0 unspecified atom stereocenters.